The van der Waals surface area contributed by atoms with Gasteiger partial charge in [0.1, 0.15) is 17.5 Å². The fraction of sp³-hybridized carbons (Fsp3) is 0.267. The number of aromatic nitrogens is 4. The Morgan fingerprint density at radius 1 is 1.09 bits per heavy atom. The lowest BCUT2D eigenvalue weighted by Gasteiger charge is -2.36. The number of hydrogen-bond donors (Lipinski definition) is 2. The van der Waals surface area contributed by atoms with Crippen LogP contribution in [-0.4, -0.2) is 45.2 Å². The van der Waals surface area contributed by atoms with E-state index in [1.165, 1.54) is 7.11 Å². The van der Waals surface area contributed by atoms with Gasteiger partial charge in [-0.3, -0.25) is 4.52 Å². The zero-order valence-corrected chi connectivity index (χ0v) is 26.4. The third-order valence-electron chi connectivity index (χ3n) is 7.37. The first-order valence-corrected chi connectivity index (χ1v) is 16.3. The number of methoxy groups -OCH3 is 1. The lowest BCUT2D eigenvalue weighted by atomic mass is 9.81. The second kappa shape index (κ2) is 12.5. The highest BCUT2D eigenvalue weighted by atomic mass is 79.9. The van der Waals surface area contributed by atoms with Gasteiger partial charge in [-0.15, -0.1) is 0 Å². The number of carbonyl (C=O) groups excluding carboxylic acids is 1. The van der Waals surface area contributed by atoms with Crippen LogP contribution in [0, 0.1) is 5.92 Å². The Hall–Kier alpha value is -4.03. The quantitative estimate of drug-likeness (QED) is 0.0949. The minimum Gasteiger partial charge on any atom is -0.479 e. The van der Waals surface area contributed by atoms with Crippen LogP contribution in [0.25, 0.3) is 21.9 Å². The summed E-state index contributed by atoms with van der Waals surface area (Å²) >= 11 is 3.39. The lowest BCUT2D eigenvalue weighted by molar-refractivity contribution is -0.135. The standard InChI is InChI=1S/C30H30BrN6O6P/c1-18(29(38)42-25-10-7-20-5-3-4-6-21(20)15-25)36-44(39,43-24-11-8-22(31)9-12-24)41-16-19-13-23(14-19)37-17-33-26-27(37)34-30(32)35-28(26)40-2/h3-12,15,17-19,23H,13-14,16H2,1-2H3,(H,36,39)(H2,32,34,35)/t18-,19-,23+,44?/m0/s1. The van der Waals surface area contributed by atoms with Crippen LogP contribution in [0.1, 0.15) is 25.8 Å². The summed E-state index contributed by atoms with van der Waals surface area (Å²) in [6.07, 6.45) is 3.13. The van der Waals surface area contributed by atoms with Crippen molar-refractivity contribution in [2.75, 3.05) is 19.5 Å². The minimum absolute atomic E-state index is 0.0713. The zero-order chi connectivity index (χ0) is 30.8. The number of esters is 1. The van der Waals surface area contributed by atoms with Crippen molar-refractivity contribution in [1.29, 1.82) is 0 Å². The molecule has 2 atom stereocenters. The zero-order valence-electron chi connectivity index (χ0n) is 23.9. The Morgan fingerprint density at radius 3 is 2.57 bits per heavy atom. The maximum absolute atomic E-state index is 14.0. The fourth-order valence-corrected chi connectivity index (χ4v) is 6.86. The minimum atomic E-state index is -4.02. The number of benzene rings is 3. The Labute approximate surface area is 261 Å². The van der Waals surface area contributed by atoms with Gasteiger partial charge in [0.15, 0.2) is 11.2 Å². The summed E-state index contributed by atoms with van der Waals surface area (Å²) in [7, 11) is -2.52. The smallest absolute Gasteiger partial charge is 0.459 e. The summed E-state index contributed by atoms with van der Waals surface area (Å²) in [6, 6.07) is 19.0. The van der Waals surface area contributed by atoms with E-state index in [-0.39, 0.29) is 24.5 Å². The van der Waals surface area contributed by atoms with Crippen LogP contribution in [0.5, 0.6) is 17.4 Å². The molecule has 0 saturated heterocycles. The number of halogens is 1. The number of nitrogen functional groups attached to an aromatic ring is 1. The molecular formula is C30H30BrN6O6P. The van der Waals surface area contributed by atoms with E-state index >= 15 is 0 Å². The number of imidazole rings is 1. The highest BCUT2D eigenvalue weighted by Crippen LogP contribution is 2.48. The molecule has 0 aliphatic heterocycles. The van der Waals surface area contributed by atoms with Crippen molar-refractivity contribution >= 4 is 57.5 Å². The molecular weight excluding hydrogens is 651 g/mol. The largest absolute Gasteiger partial charge is 0.479 e. The predicted molar refractivity (Wildman–Crippen MR) is 169 cm³/mol. The van der Waals surface area contributed by atoms with Crippen LogP contribution < -0.4 is 24.8 Å². The number of nitrogens with one attached hydrogen (secondary N) is 1. The molecule has 5 aromatic rings. The van der Waals surface area contributed by atoms with Crippen LogP contribution in [0.4, 0.5) is 5.95 Å². The van der Waals surface area contributed by atoms with E-state index in [1.807, 2.05) is 34.9 Å². The third-order valence-corrected chi connectivity index (χ3v) is 9.54. The molecule has 0 bridgehead atoms. The Balaban J connectivity index is 1.12. The van der Waals surface area contributed by atoms with E-state index in [2.05, 4.69) is 36.0 Å². The topological polar surface area (TPSA) is 153 Å². The molecule has 3 N–H and O–H groups in total. The van der Waals surface area contributed by atoms with Gasteiger partial charge in [-0.1, -0.05) is 46.3 Å². The number of carbonyl (C=O) groups is 1. The highest BCUT2D eigenvalue weighted by Gasteiger charge is 2.37. The van der Waals surface area contributed by atoms with Gasteiger partial charge in [0.25, 0.3) is 0 Å². The fourth-order valence-electron chi connectivity index (χ4n) is 5.03. The van der Waals surface area contributed by atoms with Gasteiger partial charge >= 0.3 is 13.7 Å². The predicted octanol–water partition coefficient (Wildman–Crippen LogP) is 6.07. The maximum atomic E-state index is 14.0. The van der Waals surface area contributed by atoms with Gasteiger partial charge in [0.2, 0.25) is 11.8 Å². The molecule has 1 saturated carbocycles. The van der Waals surface area contributed by atoms with Crippen molar-refractivity contribution in [3.8, 4) is 17.4 Å². The average Bonchev–Trinajstić information content (AvgIpc) is 3.40. The molecule has 228 valence electrons. The second-order valence-corrected chi connectivity index (χ2v) is 13.1. The van der Waals surface area contributed by atoms with Crippen molar-refractivity contribution in [1.82, 2.24) is 24.6 Å². The summed E-state index contributed by atoms with van der Waals surface area (Å²) in [6.45, 7) is 1.69. The van der Waals surface area contributed by atoms with E-state index in [1.54, 1.807) is 49.6 Å². The number of hydrogen-bond acceptors (Lipinski definition) is 10. The monoisotopic (exact) mass is 680 g/mol. The average molecular weight is 681 g/mol. The summed E-state index contributed by atoms with van der Waals surface area (Å²) in [4.78, 5) is 25.8. The van der Waals surface area contributed by atoms with Crippen LogP contribution in [0.3, 0.4) is 0 Å². The van der Waals surface area contributed by atoms with Gasteiger partial charge in [0.05, 0.1) is 20.0 Å². The molecule has 3 aromatic carbocycles. The number of anilines is 1. The molecule has 6 rings (SSSR count). The van der Waals surface area contributed by atoms with Crippen LogP contribution in [0.15, 0.2) is 77.5 Å². The Morgan fingerprint density at radius 2 is 1.82 bits per heavy atom. The first-order valence-electron chi connectivity index (χ1n) is 13.9. The molecule has 1 fully saturated rings. The molecule has 0 radical (unpaired) electrons. The first-order chi connectivity index (χ1) is 21.2. The van der Waals surface area contributed by atoms with Crippen molar-refractivity contribution in [3.05, 3.63) is 77.5 Å². The Bertz CT molecular complexity index is 1860. The van der Waals surface area contributed by atoms with Crippen molar-refractivity contribution in [2.24, 2.45) is 5.92 Å². The van der Waals surface area contributed by atoms with Crippen LogP contribution in [0.2, 0.25) is 0 Å². The SMILES string of the molecule is COc1nc(N)nc2c1ncn2[C@H]1C[C@@H](COP(=O)(N[C@@H](C)C(=O)Oc2ccc3ccccc3c2)Oc2ccc(Br)cc2)C1. The second-order valence-electron chi connectivity index (χ2n) is 10.5. The van der Waals surface area contributed by atoms with Crippen molar-refractivity contribution < 1.29 is 27.9 Å². The Kier molecular flexibility index (Phi) is 8.55. The maximum Gasteiger partial charge on any atom is 0.459 e. The number of nitrogens with zero attached hydrogens (tertiary/aromatic N) is 4. The van der Waals surface area contributed by atoms with Crippen LogP contribution >= 0.6 is 23.7 Å². The molecule has 1 unspecified atom stereocenters. The summed E-state index contributed by atoms with van der Waals surface area (Å²) in [5, 5.41) is 4.72. The normalized spacial score (nSPS) is 18.3. The molecule has 0 amide bonds. The van der Waals surface area contributed by atoms with Gasteiger partial charge in [0, 0.05) is 10.5 Å². The summed E-state index contributed by atoms with van der Waals surface area (Å²) in [5.41, 5.74) is 6.97. The molecule has 2 aromatic heterocycles. The number of rotatable bonds is 11. The summed E-state index contributed by atoms with van der Waals surface area (Å²) in [5.74, 6) is 0.556. The molecule has 14 heteroatoms. The van der Waals surface area contributed by atoms with Gasteiger partial charge < -0.3 is 24.3 Å². The molecule has 44 heavy (non-hydrogen) atoms. The molecule has 12 nitrogen and oxygen atoms in total. The third kappa shape index (κ3) is 6.56. The van der Waals surface area contributed by atoms with E-state index in [0.717, 1.165) is 28.1 Å². The van der Waals surface area contributed by atoms with Gasteiger partial charge in [-0.05, 0) is 72.9 Å². The van der Waals surface area contributed by atoms with E-state index in [4.69, 9.17) is 24.3 Å². The van der Waals surface area contributed by atoms with Crippen molar-refractivity contribution in [3.63, 3.8) is 0 Å². The lowest BCUT2D eigenvalue weighted by Crippen LogP contribution is -2.37. The highest BCUT2D eigenvalue weighted by molar-refractivity contribution is 9.10. The van der Waals surface area contributed by atoms with Crippen LogP contribution in [-0.2, 0) is 13.9 Å². The first kappa shape index (κ1) is 30.0. The number of nitrogens with two attached hydrogens (primary N) is 1. The van der Waals surface area contributed by atoms with E-state index < -0.39 is 19.8 Å². The van der Waals surface area contributed by atoms with E-state index in [0.29, 0.717) is 28.5 Å². The molecule has 2 heterocycles. The number of ether oxygens (including phenoxy) is 2. The summed E-state index contributed by atoms with van der Waals surface area (Å²) < 4.78 is 39.4. The van der Waals surface area contributed by atoms with E-state index in [9.17, 15) is 9.36 Å². The van der Waals surface area contributed by atoms with Crippen molar-refractivity contribution in [2.45, 2.75) is 31.8 Å². The van der Waals surface area contributed by atoms with Gasteiger partial charge in [-0.25, -0.2) is 14.3 Å². The number of fused-ring (bicyclic) bond motifs is 2. The molecule has 0 spiro atoms. The molecule has 1 aliphatic rings. The molecule has 1 aliphatic carbocycles. The van der Waals surface area contributed by atoms with Gasteiger partial charge in [-0.2, -0.15) is 15.1 Å².